The van der Waals surface area contributed by atoms with Crippen LogP contribution in [-0.4, -0.2) is 0 Å². The molecule has 76 heavy (non-hydrogen) atoms. The minimum Gasteiger partial charge on any atom is -0.311 e. The van der Waals surface area contributed by atoms with Crippen molar-refractivity contribution in [3.63, 3.8) is 0 Å². The average Bonchev–Trinajstić information content (AvgIpc) is 3.50. The highest BCUT2D eigenvalue weighted by molar-refractivity contribution is 5.86. The molecule has 0 spiro atoms. The second kappa shape index (κ2) is 21.9. The molecule has 4 nitrogen and oxygen atoms in total. The largest absolute Gasteiger partial charge is 0.311 e. The number of nitrogens with zero attached hydrogens (tertiary/aromatic N) is 4. The van der Waals surface area contributed by atoms with Gasteiger partial charge in [0.25, 0.3) is 0 Å². The lowest BCUT2D eigenvalue weighted by molar-refractivity contribution is 1.28. The van der Waals surface area contributed by atoms with Crippen LogP contribution in [0.5, 0.6) is 0 Å². The van der Waals surface area contributed by atoms with Gasteiger partial charge in [0, 0.05) is 68.2 Å². The van der Waals surface area contributed by atoms with Gasteiger partial charge >= 0.3 is 0 Å². The van der Waals surface area contributed by atoms with E-state index in [0.29, 0.717) is 0 Å². The molecule has 0 aromatic heterocycles. The predicted molar refractivity (Wildman–Crippen MR) is 321 cm³/mol. The second-order valence-electron chi connectivity index (χ2n) is 18.6. The Labute approximate surface area is 446 Å². The van der Waals surface area contributed by atoms with Crippen LogP contribution in [0.2, 0.25) is 0 Å². The molecule has 0 amide bonds. The molecule has 0 aliphatic heterocycles. The Morgan fingerprint density at radius 1 is 0.118 bits per heavy atom. The first-order valence-corrected chi connectivity index (χ1v) is 25.8. The summed E-state index contributed by atoms with van der Waals surface area (Å²) in [4.78, 5) is 9.26. The molecule has 0 fully saturated rings. The number of anilines is 12. The van der Waals surface area contributed by atoms with Crippen molar-refractivity contribution in [3.8, 4) is 33.4 Å². The maximum atomic E-state index is 2.34. The standard InChI is InChI=1S/C72H54N4/c1-7-23-61(24-8-1)73(62-25-9-2-10-26-62)67-45-37-55(38-46-67)57-41-49-69(50-42-57)75(65-31-15-5-16-32-65)71-35-19-21-59(53-71)60-22-20-36-72(54-60)76(66-33-17-6-18-34-66)70-51-43-58(44-52-70)56-39-47-68(48-40-56)74(63-27-11-3-12-28-63)64-29-13-4-14-30-64/h1-54H. The van der Waals surface area contributed by atoms with Gasteiger partial charge in [-0.1, -0.05) is 182 Å². The normalized spacial score (nSPS) is 10.9. The SMILES string of the molecule is c1ccc(N(c2ccccc2)c2ccc(-c3ccc(N(c4ccccc4)c4cccc(-c5cccc(N(c6ccccc6)c6ccc(-c7ccc(N(c8ccccc8)c8ccccc8)cc7)cc6)c5)c4)cc3)cc2)cc1. The molecule has 12 aromatic carbocycles. The van der Waals surface area contributed by atoms with E-state index in [1.807, 2.05) is 0 Å². The Morgan fingerprint density at radius 2 is 0.289 bits per heavy atom. The maximum Gasteiger partial charge on any atom is 0.0467 e. The van der Waals surface area contributed by atoms with Crippen molar-refractivity contribution in [3.05, 3.63) is 328 Å². The van der Waals surface area contributed by atoms with E-state index in [-0.39, 0.29) is 0 Å². The third kappa shape index (κ3) is 10.1. The number of benzene rings is 12. The van der Waals surface area contributed by atoms with Gasteiger partial charge in [-0.3, -0.25) is 0 Å². The van der Waals surface area contributed by atoms with E-state index in [0.717, 1.165) is 102 Å². The highest BCUT2D eigenvalue weighted by Gasteiger charge is 2.18. The first-order valence-electron chi connectivity index (χ1n) is 25.8. The van der Waals surface area contributed by atoms with Crippen molar-refractivity contribution in [1.29, 1.82) is 0 Å². The van der Waals surface area contributed by atoms with Gasteiger partial charge in [0.15, 0.2) is 0 Å². The first-order chi connectivity index (χ1) is 37.7. The summed E-state index contributed by atoms with van der Waals surface area (Å²) in [5.74, 6) is 0. The molecule has 0 atom stereocenters. The zero-order chi connectivity index (χ0) is 50.9. The fourth-order valence-corrected chi connectivity index (χ4v) is 10.1. The Morgan fingerprint density at radius 3 is 0.500 bits per heavy atom. The van der Waals surface area contributed by atoms with Crippen LogP contribution in [0, 0.1) is 0 Å². The van der Waals surface area contributed by atoms with E-state index in [1.165, 1.54) is 0 Å². The quantitative estimate of drug-likeness (QED) is 0.101. The molecule has 0 saturated heterocycles. The van der Waals surface area contributed by atoms with Crippen LogP contribution in [0.4, 0.5) is 68.2 Å². The van der Waals surface area contributed by atoms with Crippen LogP contribution in [0.3, 0.4) is 0 Å². The molecule has 0 aliphatic rings. The Bertz CT molecular complexity index is 3430. The third-order valence-electron chi connectivity index (χ3n) is 13.8. The zero-order valence-electron chi connectivity index (χ0n) is 42.0. The van der Waals surface area contributed by atoms with Gasteiger partial charge < -0.3 is 19.6 Å². The molecule has 4 heteroatoms. The van der Waals surface area contributed by atoms with Gasteiger partial charge in [-0.05, 0) is 179 Å². The fourth-order valence-electron chi connectivity index (χ4n) is 10.1. The molecular weight excluding hydrogens is 921 g/mol. The summed E-state index contributed by atoms with van der Waals surface area (Å²) in [7, 11) is 0. The van der Waals surface area contributed by atoms with Gasteiger partial charge in [0.05, 0.1) is 0 Å². The molecule has 0 radical (unpaired) electrons. The Kier molecular flexibility index (Phi) is 13.5. The second-order valence-corrected chi connectivity index (χ2v) is 18.6. The Hall–Kier alpha value is -10.2. The topological polar surface area (TPSA) is 13.0 Å². The minimum absolute atomic E-state index is 1.07. The smallest absolute Gasteiger partial charge is 0.0467 e. The molecule has 12 aromatic rings. The molecule has 0 bridgehead atoms. The van der Waals surface area contributed by atoms with Crippen LogP contribution in [0.25, 0.3) is 33.4 Å². The van der Waals surface area contributed by atoms with Crippen molar-refractivity contribution >= 4 is 68.2 Å². The van der Waals surface area contributed by atoms with E-state index < -0.39 is 0 Å². The molecule has 0 N–H and O–H groups in total. The Balaban J connectivity index is 0.819. The molecule has 0 saturated carbocycles. The van der Waals surface area contributed by atoms with Crippen molar-refractivity contribution < 1.29 is 0 Å². The number of hydrogen-bond acceptors (Lipinski definition) is 4. The molecule has 362 valence electrons. The van der Waals surface area contributed by atoms with Crippen molar-refractivity contribution in [1.82, 2.24) is 0 Å². The average molecular weight is 975 g/mol. The van der Waals surface area contributed by atoms with E-state index >= 15 is 0 Å². The van der Waals surface area contributed by atoms with Crippen LogP contribution < -0.4 is 19.6 Å². The lowest BCUT2D eigenvalue weighted by Gasteiger charge is -2.27. The number of para-hydroxylation sites is 6. The van der Waals surface area contributed by atoms with Gasteiger partial charge in [-0.25, -0.2) is 0 Å². The van der Waals surface area contributed by atoms with Crippen molar-refractivity contribution in [2.75, 3.05) is 19.6 Å². The van der Waals surface area contributed by atoms with E-state index in [2.05, 4.69) is 347 Å². The number of rotatable bonds is 15. The van der Waals surface area contributed by atoms with Crippen LogP contribution in [0.1, 0.15) is 0 Å². The monoisotopic (exact) mass is 974 g/mol. The van der Waals surface area contributed by atoms with Crippen LogP contribution in [-0.2, 0) is 0 Å². The first kappa shape index (κ1) is 46.9. The van der Waals surface area contributed by atoms with E-state index in [4.69, 9.17) is 0 Å². The zero-order valence-corrected chi connectivity index (χ0v) is 42.0. The predicted octanol–water partition coefficient (Wildman–Crippen LogP) is 20.6. The summed E-state index contributed by atoms with van der Waals surface area (Å²) in [6.45, 7) is 0. The third-order valence-corrected chi connectivity index (χ3v) is 13.8. The molecule has 0 unspecified atom stereocenters. The molecule has 0 heterocycles. The summed E-state index contributed by atoms with van der Waals surface area (Å²) in [6.07, 6.45) is 0. The van der Waals surface area contributed by atoms with E-state index in [1.54, 1.807) is 0 Å². The van der Waals surface area contributed by atoms with Gasteiger partial charge in [-0.15, -0.1) is 0 Å². The van der Waals surface area contributed by atoms with Crippen LogP contribution in [0.15, 0.2) is 328 Å². The van der Waals surface area contributed by atoms with Crippen molar-refractivity contribution in [2.45, 2.75) is 0 Å². The van der Waals surface area contributed by atoms with E-state index in [9.17, 15) is 0 Å². The lowest BCUT2D eigenvalue weighted by Crippen LogP contribution is -2.10. The molecule has 12 rings (SSSR count). The summed E-state index contributed by atoms with van der Waals surface area (Å²) >= 11 is 0. The molecule has 0 aliphatic carbocycles. The summed E-state index contributed by atoms with van der Waals surface area (Å²) < 4.78 is 0. The van der Waals surface area contributed by atoms with Gasteiger partial charge in [0.2, 0.25) is 0 Å². The lowest BCUT2D eigenvalue weighted by atomic mass is 10.0. The highest BCUT2D eigenvalue weighted by Crippen LogP contribution is 2.42. The van der Waals surface area contributed by atoms with Crippen LogP contribution >= 0.6 is 0 Å². The maximum absolute atomic E-state index is 2.34. The summed E-state index contributed by atoms with van der Waals surface area (Å²) in [5, 5.41) is 0. The van der Waals surface area contributed by atoms with Crippen molar-refractivity contribution in [2.24, 2.45) is 0 Å². The minimum atomic E-state index is 1.07. The number of hydrogen-bond donors (Lipinski definition) is 0. The molecular formula is C72H54N4. The summed E-state index contributed by atoms with van der Waals surface area (Å²) in [5.41, 5.74) is 20.0. The van der Waals surface area contributed by atoms with Gasteiger partial charge in [-0.2, -0.15) is 0 Å². The fraction of sp³-hybridized carbons (Fsp3) is 0. The summed E-state index contributed by atoms with van der Waals surface area (Å²) in [6, 6.07) is 117. The van der Waals surface area contributed by atoms with Gasteiger partial charge in [0.1, 0.15) is 0 Å². The highest BCUT2D eigenvalue weighted by atomic mass is 15.2.